The molecular weight excluding hydrogens is 216 g/mol. The van der Waals surface area contributed by atoms with Gasteiger partial charge in [0.2, 0.25) is 0 Å². The molecule has 0 spiro atoms. The minimum atomic E-state index is 0.0145. The zero-order chi connectivity index (χ0) is 12.1. The minimum absolute atomic E-state index is 0.0145. The predicted octanol–water partition coefficient (Wildman–Crippen LogP) is 2.69. The van der Waals surface area contributed by atoms with Crippen molar-refractivity contribution < 1.29 is 14.3 Å². The molecule has 1 saturated heterocycles. The van der Waals surface area contributed by atoms with Gasteiger partial charge in [-0.1, -0.05) is 12.1 Å². The molecule has 0 radical (unpaired) electrons. The van der Waals surface area contributed by atoms with E-state index in [-0.39, 0.29) is 11.7 Å². The molecule has 1 aliphatic heterocycles. The van der Waals surface area contributed by atoms with E-state index in [2.05, 4.69) is 0 Å². The van der Waals surface area contributed by atoms with Gasteiger partial charge in [0.25, 0.3) is 0 Å². The average Bonchev–Trinajstić information content (AvgIpc) is 2.40. The molecule has 0 N–H and O–H groups in total. The van der Waals surface area contributed by atoms with E-state index in [0.29, 0.717) is 13.2 Å². The Labute approximate surface area is 102 Å². The van der Waals surface area contributed by atoms with Crippen LogP contribution in [-0.4, -0.2) is 25.6 Å². The maximum atomic E-state index is 12.2. The van der Waals surface area contributed by atoms with Gasteiger partial charge in [0.05, 0.1) is 13.2 Å². The second kappa shape index (κ2) is 5.82. The van der Waals surface area contributed by atoms with E-state index in [4.69, 9.17) is 9.47 Å². The molecule has 2 rings (SSSR count). The molecule has 0 amide bonds. The van der Waals surface area contributed by atoms with Crippen LogP contribution in [-0.2, 0) is 4.74 Å². The molecule has 17 heavy (non-hydrogen) atoms. The van der Waals surface area contributed by atoms with Crippen LogP contribution < -0.4 is 4.74 Å². The van der Waals surface area contributed by atoms with Gasteiger partial charge in [-0.25, -0.2) is 0 Å². The van der Waals surface area contributed by atoms with Gasteiger partial charge < -0.3 is 9.47 Å². The highest BCUT2D eigenvalue weighted by Gasteiger charge is 2.23. The van der Waals surface area contributed by atoms with Crippen LogP contribution in [0.1, 0.15) is 30.1 Å². The normalized spacial score (nSPS) is 19.9. The first kappa shape index (κ1) is 12.1. The predicted molar refractivity (Wildman–Crippen MR) is 65.5 cm³/mol. The molecule has 1 fully saturated rings. The number of ether oxygens (including phenoxy) is 2. The number of rotatable bonds is 4. The molecule has 1 unspecified atom stereocenters. The van der Waals surface area contributed by atoms with Crippen molar-refractivity contribution in [2.75, 3.05) is 19.8 Å². The summed E-state index contributed by atoms with van der Waals surface area (Å²) in [4.78, 5) is 12.2. The molecule has 0 bridgehead atoms. The summed E-state index contributed by atoms with van der Waals surface area (Å²) in [5.41, 5.74) is 0.728. The fourth-order valence-corrected chi connectivity index (χ4v) is 2.09. The summed E-state index contributed by atoms with van der Waals surface area (Å²) >= 11 is 0. The number of carbonyl (C=O) groups excluding carboxylic acids is 1. The van der Waals surface area contributed by atoms with Crippen molar-refractivity contribution in [2.24, 2.45) is 5.92 Å². The summed E-state index contributed by atoms with van der Waals surface area (Å²) in [6, 6.07) is 7.40. The van der Waals surface area contributed by atoms with Crippen molar-refractivity contribution in [3.05, 3.63) is 29.8 Å². The summed E-state index contributed by atoms with van der Waals surface area (Å²) in [6.45, 7) is 3.88. The third-order valence-corrected chi connectivity index (χ3v) is 2.96. The molecule has 0 aromatic heterocycles. The van der Waals surface area contributed by atoms with Gasteiger partial charge in [-0.2, -0.15) is 0 Å². The Balaban J connectivity index is 2.09. The largest absolute Gasteiger partial charge is 0.494 e. The van der Waals surface area contributed by atoms with Crippen LogP contribution in [0, 0.1) is 5.92 Å². The summed E-state index contributed by atoms with van der Waals surface area (Å²) in [7, 11) is 0. The lowest BCUT2D eigenvalue weighted by molar-refractivity contribution is 0.0461. The molecule has 1 atom stereocenters. The lowest BCUT2D eigenvalue weighted by atomic mass is 9.93. The van der Waals surface area contributed by atoms with Crippen LogP contribution in [0.25, 0.3) is 0 Å². The first-order chi connectivity index (χ1) is 8.31. The zero-order valence-electron chi connectivity index (χ0n) is 10.1. The Kier molecular flexibility index (Phi) is 4.15. The van der Waals surface area contributed by atoms with Crippen molar-refractivity contribution in [1.29, 1.82) is 0 Å². The van der Waals surface area contributed by atoms with Gasteiger partial charge in [0.15, 0.2) is 5.78 Å². The van der Waals surface area contributed by atoms with E-state index >= 15 is 0 Å². The Morgan fingerprint density at radius 3 is 3.12 bits per heavy atom. The molecule has 3 nitrogen and oxygen atoms in total. The summed E-state index contributed by atoms with van der Waals surface area (Å²) in [5.74, 6) is 0.946. The maximum Gasteiger partial charge on any atom is 0.168 e. The first-order valence-electron chi connectivity index (χ1n) is 6.16. The molecule has 1 aromatic rings. The lowest BCUT2D eigenvalue weighted by Crippen LogP contribution is -2.25. The Morgan fingerprint density at radius 2 is 2.41 bits per heavy atom. The van der Waals surface area contributed by atoms with Crippen LogP contribution in [0.4, 0.5) is 0 Å². The van der Waals surface area contributed by atoms with Crippen LogP contribution in [0.3, 0.4) is 0 Å². The van der Waals surface area contributed by atoms with E-state index in [1.165, 1.54) is 0 Å². The number of ketones is 1. The van der Waals surface area contributed by atoms with Gasteiger partial charge in [-0.15, -0.1) is 0 Å². The smallest absolute Gasteiger partial charge is 0.168 e. The standard InChI is InChI=1S/C14H18O3/c1-2-17-13-7-3-5-11(9-13)14(15)12-6-4-8-16-10-12/h3,5,7,9,12H,2,4,6,8,10H2,1H3. The summed E-state index contributed by atoms with van der Waals surface area (Å²) in [6.07, 6.45) is 1.90. The second-order valence-electron chi connectivity index (χ2n) is 4.24. The molecule has 0 saturated carbocycles. The van der Waals surface area contributed by atoms with E-state index in [0.717, 1.165) is 30.8 Å². The highest BCUT2D eigenvalue weighted by atomic mass is 16.5. The molecular formula is C14H18O3. The van der Waals surface area contributed by atoms with Gasteiger partial charge in [0.1, 0.15) is 5.75 Å². The minimum Gasteiger partial charge on any atom is -0.494 e. The number of Topliss-reactive ketones (excluding diaryl/α,β-unsaturated/α-hetero) is 1. The lowest BCUT2D eigenvalue weighted by Gasteiger charge is -2.21. The van der Waals surface area contributed by atoms with Crippen molar-refractivity contribution >= 4 is 5.78 Å². The van der Waals surface area contributed by atoms with Crippen LogP contribution in [0.2, 0.25) is 0 Å². The van der Waals surface area contributed by atoms with Crippen LogP contribution in [0.15, 0.2) is 24.3 Å². The molecule has 92 valence electrons. The molecule has 3 heteroatoms. The highest BCUT2D eigenvalue weighted by Crippen LogP contribution is 2.21. The number of benzene rings is 1. The molecule has 1 aliphatic rings. The molecule has 1 aromatic carbocycles. The van der Waals surface area contributed by atoms with Gasteiger partial charge >= 0.3 is 0 Å². The van der Waals surface area contributed by atoms with E-state index in [1.807, 2.05) is 31.2 Å². The zero-order valence-corrected chi connectivity index (χ0v) is 10.1. The maximum absolute atomic E-state index is 12.2. The van der Waals surface area contributed by atoms with Gasteiger partial charge in [-0.05, 0) is 31.9 Å². The molecule has 0 aliphatic carbocycles. The van der Waals surface area contributed by atoms with Gasteiger partial charge in [-0.3, -0.25) is 4.79 Å². The van der Waals surface area contributed by atoms with Crippen LogP contribution in [0.5, 0.6) is 5.75 Å². The SMILES string of the molecule is CCOc1cccc(C(=O)C2CCCOC2)c1. The third-order valence-electron chi connectivity index (χ3n) is 2.96. The topological polar surface area (TPSA) is 35.5 Å². The quantitative estimate of drug-likeness (QED) is 0.751. The van der Waals surface area contributed by atoms with Crippen LogP contribution >= 0.6 is 0 Å². The number of hydrogen-bond donors (Lipinski definition) is 0. The molecule has 1 heterocycles. The van der Waals surface area contributed by atoms with Crippen molar-refractivity contribution in [3.63, 3.8) is 0 Å². The monoisotopic (exact) mass is 234 g/mol. The van der Waals surface area contributed by atoms with Gasteiger partial charge in [0, 0.05) is 18.1 Å². The number of carbonyl (C=O) groups is 1. The summed E-state index contributed by atoms with van der Waals surface area (Å²) < 4.78 is 10.8. The van der Waals surface area contributed by atoms with Crippen molar-refractivity contribution in [3.8, 4) is 5.75 Å². The average molecular weight is 234 g/mol. The van der Waals surface area contributed by atoms with Crippen molar-refractivity contribution in [1.82, 2.24) is 0 Å². The summed E-state index contributed by atoms with van der Waals surface area (Å²) in [5, 5.41) is 0. The number of hydrogen-bond acceptors (Lipinski definition) is 3. The van der Waals surface area contributed by atoms with E-state index < -0.39 is 0 Å². The fraction of sp³-hybridized carbons (Fsp3) is 0.500. The van der Waals surface area contributed by atoms with E-state index in [9.17, 15) is 4.79 Å². The third kappa shape index (κ3) is 3.07. The first-order valence-corrected chi connectivity index (χ1v) is 6.16. The Morgan fingerprint density at radius 1 is 1.53 bits per heavy atom. The fourth-order valence-electron chi connectivity index (χ4n) is 2.09. The second-order valence-corrected chi connectivity index (χ2v) is 4.24. The Hall–Kier alpha value is -1.35. The van der Waals surface area contributed by atoms with Crippen molar-refractivity contribution in [2.45, 2.75) is 19.8 Å². The highest BCUT2D eigenvalue weighted by molar-refractivity contribution is 5.98. The van der Waals surface area contributed by atoms with E-state index in [1.54, 1.807) is 0 Å². The Bertz CT molecular complexity index is 381.